The van der Waals surface area contributed by atoms with Crippen LogP contribution in [0.2, 0.25) is 0 Å². The number of amides is 5. The Morgan fingerprint density at radius 3 is 1.00 bits per heavy atom. The van der Waals surface area contributed by atoms with E-state index in [2.05, 4.69) is 57.7 Å². The van der Waals surface area contributed by atoms with E-state index in [4.69, 9.17) is 28.0 Å². The number of carboxylic acids is 1. The summed E-state index contributed by atoms with van der Waals surface area (Å²) in [6.07, 6.45) is 4.48. The number of esters is 2. The second-order valence-corrected chi connectivity index (χ2v) is 19.1. The summed E-state index contributed by atoms with van der Waals surface area (Å²) >= 11 is 0. The van der Waals surface area contributed by atoms with Gasteiger partial charge in [0.1, 0.15) is 0 Å². The molecule has 0 atom stereocenters. The predicted octanol–water partition coefficient (Wildman–Crippen LogP) is 10.7. The van der Waals surface area contributed by atoms with Crippen molar-refractivity contribution in [1.82, 2.24) is 30.9 Å². The van der Waals surface area contributed by atoms with E-state index < -0.39 is 5.97 Å². The number of pyridine rings is 3. The third-order valence-electron chi connectivity index (χ3n) is 13.0. The van der Waals surface area contributed by atoms with Crippen LogP contribution in [0.3, 0.4) is 0 Å². The van der Waals surface area contributed by atoms with Gasteiger partial charge in [0.05, 0.1) is 50.2 Å². The second kappa shape index (κ2) is 45.6. The first-order chi connectivity index (χ1) is 45.4. The highest BCUT2D eigenvalue weighted by Gasteiger charge is 2.16. The highest BCUT2D eigenvalue weighted by atomic mass is 16.6. The summed E-state index contributed by atoms with van der Waals surface area (Å²) in [5, 5.41) is 26.6. The van der Waals surface area contributed by atoms with Crippen molar-refractivity contribution in [3.05, 3.63) is 127 Å². The molecule has 10 rings (SSSR count). The first-order valence-electron chi connectivity index (χ1n) is 31.2. The van der Waals surface area contributed by atoms with Crippen LogP contribution in [-0.2, 0) is 43.1 Å². The van der Waals surface area contributed by atoms with E-state index >= 15 is 0 Å². The molecule has 5 amide bonds. The average molecular weight is 1290 g/mol. The molecule has 0 aliphatic carbocycles. The number of carboxylic acid groups (broad SMARTS) is 1. The van der Waals surface area contributed by atoms with Crippen molar-refractivity contribution in [2.45, 2.75) is 119 Å². The molecule has 0 bridgehead atoms. The Hall–Kier alpha value is -10.6. The molecule has 1 aliphatic heterocycles. The van der Waals surface area contributed by atoms with Crippen molar-refractivity contribution in [2.75, 3.05) is 68.8 Å². The van der Waals surface area contributed by atoms with Crippen LogP contribution < -0.4 is 61.0 Å². The number of cyclic esters (lactones) is 2. The fraction of sp³-hybridized carbons (Fsp3) is 0.329. The predicted molar refractivity (Wildman–Crippen MR) is 383 cm³/mol. The molecule has 0 unspecified atom stereocenters. The number of ether oxygens (including phenoxy) is 1. The van der Waals surface area contributed by atoms with Crippen LogP contribution in [0.25, 0.3) is 65.4 Å². The maximum Gasteiger partial charge on any atom is 0.313 e. The number of nitrogen functional groups attached to an aromatic ring is 4. The van der Waals surface area contributed by atoms with Gasteiger partial charge >= 0.3 is 17.9 Å². The fourth-order valence-corrected chi connectivity index (χ4v) is 8.59. The minimum Gasteiger partial charge on any atom is -0.481 e. The number of aliphatic carboxylic acids is 1. The molecule has 0 spiro atoms. The maximum atomic E-state index is 12.0. The van der Waals surface area contributed by atoms with E-state index in [1.807, 2.05) is 157 Å². The van der Waals surface area contributed by atoms with Crippen molar-refractivity contribution in [2.24, 2.45) is 11.5 Å². The zero-order valence-electron chi connectivity index (χ0n) is 56.0. The molecule has 6 aromatic carbocycles. The number of hydrogen-bond acceptors (Lipinski definition) is 18. The second-order valence-electron chi connectivity index (χ2n) is 19.1. The van der Waals surface area contributed by atoms with Crippen molar-refractivity contribution < 1.29 is 48.2 Å². The van der Waals surface area contributed by atoms with Crippen LogP contribution >= 0.6 is 0 Å². The SMILES string of the molecule is CC.CC.CC.CN.CN.CNC(=O)CCCC(=O)Nc1ccc2nc3ccccc3c(N)c2c1.CNC(=O)CCCC(=O)Nc1ccc2nc3ccccc3c(N)c2c1.CNC(=O)CCCC(=O)O.Nc1ccc2nc3ccccc3c(N)c2c1.O=C1CCCC(=O)O1. The number of nitrogens with zero attached hydrogens (tertiary/aromatic N) is 3. The number of carbonyl (C=O) groups excluding carboxylic acids is 7. The highest BCUT2D eigenvalue weighted by Crippen LogP contribution is 2.32. The van der Waals surface area contributed by atoms with Crippen LogP contribution in [0.1, 0.15) is 119 Å². The van der Waals surface area contributed by atoms with Gasteiger partial charge in [0, 0.05) is 122 Å². The van der Waals surface area contributed by atoms with Gasteiger partial charge in [0.15, 0.2) is 0 Å². The van der Waals surface area contributed by atoms with E-state index in [9.17, 15) is 38.4 Å². The van der Waals surface area contributed by atoms with Crippen LogP contribution in [0.5, 0.6) is 0 Å². The monoisotopic (exact) mass is 1290 g/mol. The van der Waals surface area contributed by atoms with Crippen LogP contribution in [0.15, 0.2) is 127 Å². The van der Waals surface area contributed by atoms with Gasteiger partial charge < -0.3 is 70.8 Å². The number of carbonyl (C=O) groups is 8. The van der Waals surface area contributed by atoms with Crippen molar-refractivity contribution in [3.8, 4) is 0 Å². The number of aromatic nitrogens is 3. The normalized spacial score (nSPS) is 10.6. The van der Waals surface area contributed by atoms with Gasteiger partial charge in [-0.2, -0.15) is 0 Å². The van der Waals surface area contributed by atoms with E-state index in [1.54, 1.807) is 26.2 Å². The van der Waals surface area contributed by atoms with E-state index in [0.717, 1.165) is 71.1 Å². The van der Waals surface area contributed by atoms with Gasteiger partial charge in [-0.1, -0.05) is 96.1 Å². The number of benzene rings is 6. The van der Waals surface area contributed by atoms with Crippen LogP contribution in [0.4, 0.5) is 34.1 Å². The molecule has 1 fully saturated rings. The number of fused-ring (bicyclic) bond motifs is 6. The number of rotatable bonds is 14. The molecular weight excluding hydrogens is 1200 g/mol. The number of para-hydroxylation sites is 3. The first kappa shape index (κ1) is 81.4. The fourth-order valence-electron chi connectivity index (χ4n) is 8.59. The number of nitrogens with two attached hydrogens (primary N) is 6. The van der Waals surface area contributed by atoms with Gasteiger partial charge in [0.25, 0.3) is 0 Å². The van der Waals surface area contributed by atoms with Gasteiger partial charge in [-0.25, -0.2) is 15.0 Å². The molecule has 9 aromatic rings. The summed E-state index contributed by atoms with van der Waals surface area (Å²) in [6, 6.07) is 39.8. The third kappa shape index (κ3) is 27.1. The van der Waals surface area contributed by atoms with E-state index in [-0.39, 0.29) is 60.7 Å². The Morgan fingerprint density at radius 1 is 0.404 bits per heavy atom. The van der Waals surface area contributed by atoms with Gasteiger partial charge in [0.2, 0.25) is 29.5 Å². The summed E-state index contributed by atoms with van der Waals surface area (Å²) in [5.74, 6) is -2.13. The molecule has 4 heterocycles. The lowest BCUT2D eigenvalue weighted by Gasteiger charge is -2.10. The molecule has 0 radical (unpaired) electrons. The van der Waals surface area contributed by atoms with Crippen molar-refractivity contribution in [1.29, 1.82) is 0 Å². The minimum absolute atomic E-state index is 0.0629. The van der Waals surface area contributed by atoms with Crippen LogP contribution in [-0.4, -0.2) is 103 Å². The largest absolute Gasteiger partial charge is 0.481 e. The quantitative estimate of drug-likeness (QED) is 0.0208. The smallest absolute Gasteiger partial charge is 0.313 e. The summed E-state index contributed by atoms with van der Waals surface area (Å²) < 4.78 is 4.21. The van der Waals surface area contributed by atoms with E-state index in [1.165, 1.54) is 21.1 Å². The Kier molecular flexibility index (Phi) is 39.5. The standard InChI is InChI=1S/2C19H20N4O2.C13H11N3.C6H11NO3.C5H6O3.3C2H6.2CH5N/c2*1-21-17(24)7-4-8-18(25)22-12-9-10-16-14(11-12)19(20)13-5-2-3-6-15(13)23-16;14-8-5-6-12-10(7-8)13(15)9-3-1-2-4-11(9)16-12;1-7-5(8)3-2-4-6(9)10;6-4-2-1-3-5(7)8-4;5*1-2/h2*2-3,5-6,9-11H,4,7-8H2,1H3,(H2,20,23)(H,21,24)(H,22,25);1-7H,14H2,(H2,15,16);2-4H2,1H3,(H,7,8)(H,9,10);1-3H2;3*1-2H3;2*2H2,1H3. The van der Waals surface area contributed by atoms with Gasteiger partial charge in [-0.15, -0.1) is 0 Å². The summed E-state index contributed by atoms with van der Waals surface area (Å²) in [4.78, 5) is 101. The molecule has 0 saturated carbocycles. The number of anilines is 6. The zero-order chi connectivity index (χ0) is 70.7. The van der Waals surface area contributed by atoms with E-state index in [0.29, 0.717) is 86.2 Å². The molecule has 1 saturated heterocycles. The molecule has 94 heavy (non-hydrogen) atoms. The minimum atomic E-state index is -0.857. The molecular formula is C70H96N14O10. The highest BCUT2D eigenvalue weighted by molar-refractivity contribution is 6.10. The molecule has 18 N–H and O–H groups in total. The summed E-state index contributed by atoms with van der Waals surface area (Å²) in [7, 11) is 7.70. The lowest BCUT2D eigenvalue weighted by molar-refractivity contribution is -0.163. The van der Waals surface area contributed by atoms with Crippen molar-refractivity contribution in [3.63, 3.8) is 0 Å². The average Bonchev–Trinajstić information content (AvgIpc) is 0.803. The molecule has 24 nitrogen and oxygen atoms in total. The maximum absolute atomic E-state index is 12.0. The summed E-state index contributed by atoms with van der Waals surface area (Å²) in [6.45, 7) is 12.0. The first-order valence-corrected chi connectivity index (χ1v) is 31.2. The van der Waals surface area contributed by atoms with Crippen LogP contribution in [0, 0.1) is 0 Å². The van der Waals surface area contributed by atoms with Gasteiger partial charge in [-0.3, -0.25) is 38.4 Å². The molecule has 1 aliphatic rings. The summed E-state index contributed by atoms with van der Waals surface area (Å²) in [5.41, 5.74) is 42.6. The van der Waals surface area contributed by atoms with Gasteiger partial charge in [-0.05, 0) is 113 Å². The zero-order valence-corrected chi connectivity index (χ0v) is 56.0. The number of nitrogens with one attached hydrogen (secondary N) is 5. The Labute approximate surface area is 550 Å². The third-order valence-corrected chi connectivity index (χ3v) is 13.0. The number of hydrogen-bond donors (Lipinski definition) is 12. The Balaban J connectivity index is 0.000000596. The molecule has 24 heteroatoms. The Bertz CT molecular complexity index is 3730. The lowest BCUT2D eigenvalue weighted by atomic mass is 10.1. The topological polar surface area (TPSA) is 421 Å². The van der Waals surface area contributed by atoms with Crippen molar-refractivity contribution >= 4 is 147 Å². The molecule has 506 valence electrons. The molecule has 3 aromatic heterocycles. The Morgan fingerprint density at radius 2 is 0.691 bits per heavy atom. The lowest BCUT2D eigenvalue weighted by Crippen LogP contribution is -2.18.